The molecule has 1 aliphatic heterocycles. The van der Waals surface area contributed by atoms with Gasteiger partial charge in [-0.1, -0.05) is 18.2 Å². The molecule has 1 saturated heterocycles. The van der Waals surface area contributed by atoms with E-state index in [2.05, 4.69) is 16.0 Å². The van der Waals surface area contributed by atoms with Gasteiger partial charge in [-0.3, -0.25) is 9.78 Å². The van der Waals surface area contributed by atoms with E-state index in [0.29, 0.717) is 32.6 Å². The Labute approximate surface area is 170 Å². The van der Waals surface area contributed by atoms with E-state index in [9.17, 15) is 13.2 Å². The topological polar surface area (TPSA) is 86.4 Å². The third-order valence-electron chi connectivity index (χ3n) is 5.38. The monoisotopic (exact) mass is 412 g/mol. The third-order valence-corrected chi connectivity index (χ3v) is 7.26. The van der Waals surface area contributed by atoms with Gasteiger partial charge in [-0.2, -0.15) is 4.31 Å². The van der Waals surface area contributed by atoms with Crippen molar-refractivity contribution < 1.29 is 13.2 Å². The smallest absolute Gasteiger partial charge is 0.244 e. The summed E-state index contributed by atoms with van der Waals surface area (Å²) in [6.07, 6.45) is 7.00. The van der Waals surface area contributed by atoms with E-state index in [1.165, 1.54) is 21.5 Å². The number of piperazine rings is 1. The Hall–Kier alpha value is -2.71. The molecule has 3 heterocycles. The van der Waals surface area contributed by atoms with Gasteiger partial charge in [0.2, 0.25) is 15.9 Å². The molecule has 3 aromatic rings. The summed E-state index contributed by atoms with van der Waals surface area (Å²) in [4.78, 5) is 21.7. The number of nitrogens with one attached hydrogen (secondary N) is 1. The molecule has 8 heteroatoms. The van der Waals surface area contributed by atoms with E-state index < -0.39 is 10.0 Å². The van der Waals surface area contributed by atoms with Crippen molar-refractivity contribution in [3.63, 3.8) is 0 Å². The fourth-order valence-corrected chi connectivity index (χ4v) is 5.14. The first-order valence-electron chi connectivity index (χ1n) is 9.78. The van der Waals surface area contributed by atoms with E-state index >= 15 is 0 Å². The molecule has 29 heavy (non-hydrogen) atoms. The van der Waals surface area contributed by atoms with Crippen LogP contribution in [0.2, 0.25) is 0 Å². The SMILES string of the molecule is O=C(CCCc1c[nH]c2ccccc12)N1CCN(S(=O)(=O)c2cccnc2)CC1. The second-order valence-electron chi connectivity index (χ2n) is 7.19. The molecule has 7 nitrogen and oxygen atoms in total. The number of aromatic nitrogens is 2. The van der Waals surface area contributed by atoms with Gasteiger partial charge in [-0.05, 0) is 36.6 Å². The summed E-state index contributed by atoms with van der Waals surface area (Å²) in [6.45, 7) is 1.47. The third kappa shape index (κ3) is 4.18. The number of rotatable bonds is 6. The summed E-state index contributed by atoms with van der Waals surface area (Å²) < 4.78 is 26.7. The van der Waals surface area contributed by atoms with Crippen LogP contribution < -0.4 is 0 Å². The van der Waals surface area contributed by atoms with Gasteiger partial charge in [0.1, 0.15) is 4.90 Å². The van der Waals surface area contributed by atoms with Crippen LogP contribution in [0.25, 0.3) is 10.9 Å². The zero-order valence-electron chi connectivity index (χ0n) is 16.1. The minimum absolute atomic E-state index is 0.0864. The Morgan fingerprint density at radius 2 is 1.86 bits per heavy atom. The highest BCUT2D eigenvalue weighted by Gasteiger charge is 2.30. The number of aryl methyl sites for hydroxylation is 1. The van der Waals surface area contributed by atoms with Gasteiger partial charge in [0, 0.05) is 62.1 Å². The molecule has 0 radical (unpaired) electrons. The molecule has 1 aliphatic rings. The number of sulfonamides is 1. The van der Waals surface area contributed by atoms with Crippen molar-refractivity contribution >= 4 is 26.8 Å². The Kier molecular flexibility index (Phi) is 5.64. The van der Waals surface area contributed by atoms with Gasteiger partial charge in [0.25, 0.3) is 0 Å². The van der Waals surface area contributed by atoms with Gasteiger partial charge in [0.15, 0.2) is 0 Å². The second kappa shape index (κ2) is 8.34. The maximum absolute atomic E-state index is 12.7. The molecule has 0 atom stereocenters. The minimum atomic E-state index is -3.55. The number of H-pyrrole nitrogens is 1. The average molecular weight is 413 g/mol. The number of pyridine rings is 1. The van der Waals surface area contributed by atoms with Crippen molar-refractivity contribution in [2.45, 2.75) is 24.2 Å². The van der Waals surface area contributed by atoms with Gasteiger partial charge in [0.05, 0.1) is 0 Å². The lowest BCUT2D eigenvalue weighted by Crippen LogP contribution is -2.50. The molecule has 1 aromatic carbocycles. The van der Waals surface area contributed by atoms with Crippen LogP contribution in [0.4, 0.5) is 0 Å². The van der Waals surface area contributed by atoms with Gasteiger partial charge < -0.3 is 9.88 Å². The van der Waals surface area contributed by atoms with Gasteiger partial charge in [-0.15, -0.1) is 0 Å². The lowest BCUT2D eigenvalue weighted by atomic mass is 10.1. The Bertz CT molecular complexity index is 1090. The van der Waals surface area contributed by atoms with Crippen LogP contribution in [0.1, 0.15) is 18.4 Å². The van der Waals surface area contributed by atoms with Crippen molar-refractivity contribution in [1.29, 1.82) is 0 Å². The molecule has 152 valence electrons. The number of benzene rings is 1. The fraction of sp³-hybridized carbons (Fsp3) is 0.333. The van der Waals surface area contributed by atoms with Crippen LogP contribution >= 0.6 is 0 Å². The van der Waals surface area contributed by atoms with Crippen LogP contribution in [0.5, 0.6) is 0 Å². The lowest BCUT2D eigenvalue weighted by molar-refractivity contribution is -0.132. The molecule has 0 aliphatic carbocycles. The Balaban J connectivity index is 1.28. The van der Waals surface area contributed by atoms with Crippen molar-refractivity contribution in [2.75, 3.05) is 26.2 Å². The molecule has 0 unspecified atom stereocenters. The predicted molar refractivity (Wildman–Crippen MR) is 111 cm³/mol. The van der Waals surface area contributed by atoms with E-state index in [4.69, 9.17) is 0 Å². The average Bonchev–Trinajstić information content (AvgIpc) is 3.17. The number of amides is 1. The largest absolute Gasteiger partial charge is 0.361 e. The first-order valence-corrected chi connectivity index (χ1v) is 11.2. The zero-order chi connectivity index (χ0) is 20.3. The number of para-hydroxylation sites is 1. The summed E-state index contributed by atoms with van der Waals surface area (Å²) in [5.41, 5.74) is 2.33. The van der Waals surface area contributed by atoms with Crippen LogP contribution in [0, 0.1) is 0 Å². The first kappa shape index (κ1) is 19.6. The molecule has 2 aromatic heterocycles. The number of nitrogens with zero attached hydrogens (tertiary/aromatic N) is 3. The zero-order valence-corrected chi connectivity index (χ0v) is 16.9. The number of fused-ring (bicyclic) bond motifs is 1. The van der Waals surface area contributed by atoms with Crippen molar-refractivity contribution in [2.24, 2.45) is 0 Å². The normalized spacial score (nSPS) is 15.7. The Morgan fingerprint density at radius 3 is 2.62 bits per heavy atom. The van der Waals surface area contributed by atoms with Crippen molar-refractivity contribution in [3.05, 3.63) is 60.6 Å². The molecule has 1 amide bonds. The first-order chi connectivity index (χ1) is 14.1. The van der Waals surface area contributed by atoms with E-state index in [1.54, 1.807) is 23.2 Å². The number of hydrogen-bond acceptors (Lipinski definition) is 4. The molecule has 1 N–H and O–H groups in total. The number of carbonyl (C=O) groups is 1. The number of carbonyl (C=O) groups excluding carboxylic acids is 1. The maximum atomic E-state index is 12.7. The summed E-state index contributed by atoms with van der Waals surface area (Å²) in [5, 5.41) is 1.20. The van der Waals surface area contributed by atoms with Crippen molar-refractivity contribution in [3.8, 4) is 0 Å². The van der Waals surface area contributed by atoms with E-state index in [-0.39, 0.29) is 10.8 Å². The molecule has 4 rings (SSSR count). The maximum Gasteiger partial charge on any atom is 0.244 e. The summed E-state index contributed by atoms with van der Waals surface area (Å²) in [6, 6.07) is 11.3. The van der Waals surface area contributed by atoms with Gasteiger partial charge in [-0.25, -0.2) is 8.42 Å². The molecular weight excluding hydrogens is 388 g/mol. The van der Waals surface area contributed by atoms with E-state index in [0.717, 1.165) is 18.4 Å². The lowest BCUT2D eigenvalue weighted by Gasteiger charge is -2.34. The van der Waals surface area contributed by atoms with Crippen molar-refractivity contribution in [1.82, 2.24) is 19.2 Å². The highest BCUT2D eigenvalue weighted by atomic mass is 32.2. The summed E-state index contributed by atoms with van der Waals surface area (Å²) in [7, 11) is -3.55. The highest BCUT2D eigenvalue weighted by Crippen LogP contribution is 2.20. The Morgan fingerprint density at radius 1 is 1.07 bits per heavy atom. The second-order valence-corrected chi connectivity index (χ2v) is 9.12. The molecular formula is C21H24N4O3S. The van der Waals surface area contributed by atoms with Gasteiger partial charge >= 0.3 is 0 Å². The standard InChI is InChI=1S/C21H24N4O3S/c26-21(9-3-5-17-15-23-20-8-2-1-7-19(17)20)24-11-13-25(14-12-24)29(27,28)18-6-4-10-22-16-18/h1-2,4,6-8,10,15-16,23H,3,5,9,11-14H2. The fourth-order valence-electron chi connectivity index (χ4n) is 3.75. The predicted octanol–water partition coefficient (Wildman–Crippen LogP) is 2.42. The van der Waals surface area contributed by atoms with Crippen LogP contribution in [-0.4, -0.2) is 59.7 Å². The molecule has 0 bridgehead atoms. The molecule has 0 saturated carbocycles. The number of hydrogen-bond donors (Lipinski definition) is 1. The van der Waals surface area contributed by atoms with Crippen LogP contribution in [0.15, 0.2) is 59.9 Å². The van der Waals surface area contributed by atoms with Crippen LogP contribution in [0.3, 0.4) is 0 Å². The minimum Gasteiger partial charge on any atom is -0.361 e. The summed E-state index contributed by atoms with van der Waals surface area (Å²) in [5.74, 6) is 0.0864. The van der Waals surface area contributed by atoms with Crippen LogP contribution in [-0.2, 0) is 21.2 Å². The number of aromatic amines is 1. The molecule has 1 fully saturated rings. The summed E-state index contributed by atoms with van der Waals surface area (Å²) >= 11 is 0. The quantitative estimate of drug-likeness (QED) is 0.674. The van der Waals surface area contributed by atoms with E-state index in [1.807, 2.05) is 24.4 Å². The highest BCUT2D eigenvalue weighted by molar-refractivity contribution is 7.89. The molecule has 0 spiro atoms.